The second kappa shape index (κ2) is 7.49. The molecule has 0 aliphatic heterocycles. The van der Waals surface area contributed by atoms with E-state index in [-0.39, 0.29) is 10.7 Å². The van der Waals surface area contributed by atoms with Crippen LogP contribution in [0.15, 0.2) is 70.5 Å². The van der Waals surface area contributed by atoms with Gasteiger partial charge in [-0.1, -0.05) is 48.2 Å². The van der Waals surface area contributed by atoms with E-state index >= 15 is 0 Å². The summed E-state index contributed by atoms with van der Waals surface area (Å²) in [5.41, 5.74) is 1.13. The first-order chi connectivity index (χ1) is 11.6. The van der Waals surface area contributed by atoms with Crippen molar-refractivity contribution in [3.8, 4) is 0 Å². The van der Waals surface area contributed by atoms with E-state index in [1.165, 1.54) is 11.8 Å². The number of rotatable bonds is 5. The predicted octanol–water partition coefficient (Wildman–Crippen LogP) is 4.18. The van der Waals surface area contributed by atoms with Gasteiger partial charge in [0.05, 0.1) is 0 Å². The smallest absolute Gasteiger partial charge is 0.258 e. The maximum absolute atomic E-state index is 12.2. The van der Waals surface area contributed by atoms with Gasteiger partial charge in [0.1, 0.15) is 0 Å². The summed E-state index contributed by atoms with van der Waals surface area (Å²) in [6.07, 6.45) is 3.98. The average molecular weight is 337 g/mol. The summed E-state index contributed by atoms with van der Waals surface area (Å²) >= 11 is 1.29. The zero-order valence-electron chi connectivity index (χ0n) is 13.6. The third kappa shape index (κ3) is 3.77. The number of thioether (sulfide) groups is 1. The molecule has 1 heterocycles. The fraction of sp³-hybridized carbons (Fsp3) is 0.200. The summed E-state index contributed by atoms with van der Waals surface area (Å²) in [5, 5.41) is 1.90. The molecule has 0 fully saturated rings. The van der Waals surface area contributed by atoms with Crippen LogP contribution in [0.4, 0.5) is 0 Å². The number of aryl methyl sites for hydroxylation is 2. The first-order valence-corrected chi connectivity index (χ1v) is 8.80. The molecule has 3 nitrogen and oxygen atoms in total. The van der Waals surface area contributed by atoms with E-state index in [1.54, 1.807) is 11.6 Å². The molecule has 2 aromatic carbocycles. The van der Waals surface area contributed by atoms with Gasteiger partial charge in [-0.2, -0.15) is 0 Å². The summed E-state index contributed by atoms with van der Waals surface area (Å²) in [6, 6.07) is 17.4. The maximum atomic E-state index is 12.2. The molecule has 122 valence electrons. The Morgan fingerprint density at radius 2 is 1.67 bits per heavy atom. The van der Waals surface area contributed by atoms with Crippen LogP contribution in [0.5, 0.6) is 0 Å². The van der Waals surface area contributed by atoms with E-state index in [0.717, 1.165) is 34.1 Å². The Kier molecular flexibility index (Phi) is 5.16. The van der Waals surface area contributed by atoms with Gasteiger partial charge >= 0.3 is 0 Å². The lowest BCUT2D eigenvalue weighted by Gasteiger charge is -2.09. The highest BCUT2D eigenvalue weighted by Crippen LogP contribution is 2.22. The molecule has 0 unspecified atom stereocenters. The topological polar surface area (TPSA) is 39.1 Å². The van der Waals surface area contributed by atoms with Crippen LogP contribution in [0.2, 0.25) is 0 Å². The fourth-order valence-corrected chi connectivity index (χ4v) is 3.60. The van der Waals surface area contributed by atoms with Crippen molar-refractivity contribution in [3.63, 3.8) is 0 Å². The lowest BCUT2D eigenvalue weighted by Crippen LogP contribution is -2.17. The van der Waals surface area contributed by atoms with Gasteiger partial charge < -0.3 is 4.57 Å². The number of hydrogen-bond acceptors (Lipinski definition) is 3. The summed E-state index contributed by atoms with van der Waals surface area (Å²) in [5.74, 6) is 0. The Morgan fingerprint density at radius 1 is 1.00 bits per heavy atom. The molecule has 0 atom stereocenters. The Bertz CT molecular complexity index is 916. The molecular formula is C20H19NO2S. The minimum Gasteiger partial charge on any atom is -0.318 e. The largest absolute Gasteiger partial charge is 0.318 e. The third-order valence-corrected chi connectivity index (χ3v) is 4.91. The molecule has 1 aromatic heterocycles. The van der Waals surface area contributed by atoms with Gasteiger partial charge in [-0.3, -0.25) is 9.59 Å². The number of benzene rings is 2. The Hall–Kier alpha value is -2.33. The molecule has 0 spiro atoms. The number of fused-ring (bicyclic) bond motifs is 1. The predicted molar refractivity (Wildman–Crippen MR) is 99.4 cm³/mol. The lowest BCUT2D eigenvalue weighted by molar-refractivity contribution is -0.111. The van der Waals surface area contributed by atoms with E-state index in [2.05, 4.69) is 0 Å². The molecule has 0 bridgehead atoms. The second-order valence-electron chi connectivity index (χ2n) is 5.76. The standard InChI is InChI=1S/C20H19NO2S/c1-21-14-15(17-11-5-6-12-18(17)20(21)23)8-7-13-19(22)24-16-9-3-2-4-10-16/h2-6,9-12,14H,7-8,13H2,1H3. The van der Waals surface area contributed by atoms with Gasteiger partial charge in [-0.15, -0.1) is 0 Å². The molecule has 3 rings (SSSR count). The van der Waals surface area contributed by atoms with Crippen LogP contribution in [0.25, 0.3) is 10.8 Å². The molecule has 0 aliphatic carbocycles. The van der Waals surface area contributed by atoms with Crippen molar-refractivity contribution in [2.24, 2.45) is 7.05 Å². The Morgan fingerprint density at radius 3 is 2.42 bits per heavy atom. The van der Waals surface area contributed by atoms with Crippen LogP contribution in [0.1, 0.15) is 18.4 Å². The number of hydrogen-bond donors (Lipinski definition) is 0. The van der Waals surface area contributed by atoms with E-state index in [0.29, 0.717) is 6.42 Å². The molecule has 24 heavy (non-hydrogen) atoms. The van der Waals surface area contributed by atoms with E-state index in [9.17, 15) is 9.59 Å². The highest BCUT2D eigenvalue weighted by molar-refractivity contribution is 8.13. The minimum absolute atomic E-state index is 0.0186. The monoisotopic (exact) mass is 337 g/mol. The summed E-state index contributed by atoms with van der Waals surface area (Å²) in [4.78, 5) is 25.2. The highest BCUT2D eigenvalue weighted by atomic mass is 32.2. The van der Waals surface area contributed by atoms with Gasteiger partial charge in [0.15, 0.2) is 5.12 Å². The van der Waals surface area contributed by atoms with Gasteiger partial charge in [0.25, 0.3) is 5.56 Å². The molecule has 0 radical (unpaired) electrons. The van der Waals surface area contributed by atoms with Gasteiger partial charge in [-0.25, -0.2) is 0 Å². The molecule has 0 amide bonds. The minimum atomic E-state index is 0.0186. The molecule has 3 aromatic rings. The molecule has 0 N–H and O–H groups in total. The van der Waals surface area contributed by atoms with Crippen LogP contribution in [-0.2, 0) is 18.3 Å². The van der Waals surface area contributed by atoms with Gasteiger partial charge in [0.2, 0.25) is 0 Å². The number of nitrogens with zero attached hydrogens (tertiary/aromatic N) is 1. The van der Waals surface area contributed by atoms with Crippen molar-refractivity contribution in [2.45, 2.75) is 24.2 Å². The molecular weight excluding hydrogens is 318 g/mol. The van der Waals surface area contributed by atoms with Crippen LogP contribution in [-0.4, -0.2) is 9.68 Å². The van der Waals surface area contributed by atoms with Crippen LogP contribution in [0, 0.1) is 0 Å². The lowest BCUT2D eigenvalue weighted by atomic mass is 10.0. The number of carbonyl (C=O) groups excluding carboxylic acids is 1. The van der Waals surface area contributed by atoms with Crippen molar-refractivity contribution in [1.29, 1.82) is 0 Å². The summed E-state index contributed by atoms with van der Waals surface area (Å²) < 4.78 is 1.62. The number of aromatic nitrogens is 1. The van der Waals surface area contributed by atoms with Crippen LogP contribution < -0.4 is 5.56 Å². The van der Waals surface area contributed by atoms with Crippen molar-refractivity contribution in [1.82, 2.24) is 4.57 Å². The van der Waals surface area contributed by atoms with Crippen molar-refractivity contribution in [2.75, 3.05) is 0 Å². The quantitative estimate of drug-likeness (QED) is 0.656. The van der Waals surface area contributed by atoms with Crippen molar-refractivity contribution < 1.29 is 4.79 Å². The van der Waals surface area contributed by atoms with E-state index in [1.807, 2.05) is 60.8 Å². The zero-order valence-corrected chi connectivity index (χ0v) is 14.4. The normalized spacial score (nSPS) is 10.9. The SMILES string of the molecule is Cn1cc(CCCC(=O)Sc2ccccc2)c2ccccc2c1=O. The van der Waals surface area contributed by atoms with Crippen LogP contribution >= 0.6 is 11.8 Å². The number of carbonyl (C=O) groups is 1. The van der Waals surface area contributed by atoms with Crippen LogP contribution in [0.3, 0.4) is 0 Å². The molecule has 4 heteroatoms. The third-order valence-electron chi connectivity index (χ3n) is 3.98. The van der Waals surface area contributed by atoms with Gasteiger partial charge in [-0.05, 0) is 42.0 Å². The molecule has 0 saturated heterocycles. The Balaban J connectivity index is 1.67. The van der Waals surface area contributed by atoms with Crippen molar-refractivity contribution >= 4 is 27.6 Å². The average Bonchev–Trinajstić information content (AvgIpc) is 2.60. The fourth-order valence-electron chi connectivity index (χ4n) is 2.79. The van der Waals surface area contributed by atoms with Gasteiger partial charge in [0, 0.05) is 29.9 Å². The molecule has 0 saturated carbocycles. The zero-order chi connectivity index (χ0) is 16.9. The summed E-state index contributed by atoms with van der Waals surface area (Å²) in [6.45, 7) is 0. The van der Waals surface area contributed by atoms with E-state index in [4.69, 9.17) is 0 Å². The highest BCUT2D eigenvalue weighted by Gasteiger charge is 2.09. The van der Waals surface area contributed by atoms with E-state index < -0.39 is 0 Å². The first kappa shape index (κ1) is 16.5. The molecule has 0 aliphatic rings. The Labute approximate surface area is 145 Å². The maximum Gasteiger partial charge on any atom is 0.258 e. The number of pyridine rings is 1. The first-order valence-electron chi connectivity index (χ1n) is 7.98. The second-order valence-corrected chi connectivity index (χ2v) is 6.89. The van der Waals surface area contributed by atoms with Crippen molar-refractivity contribution in [3.05, 3.63) is 76.7 Å². The summed E-state index contributed by atoms with van der Waals surface area (Å²) in [7, 11) is 1.77.